The summed E-state index contributed by atoms with van der Waals surface area (Å²) in [5.41, 5.74) is 0. The first-order valence-electron chi connectivity index (χ1n) is 6.31. The number of carboxylic acid groups (broad SMARTS) is 1. The van der Waals surface area contributed by atoms with E-state index in [1.807, 2.05) is 13.8 Å². The summed E-state index contributed by atoms with van der Waals surface area (Å²) < 4.78 is 0. The van der Waals surface area contributed by atoms with E-state index in [0.717, 1.165) is 0 Å². The predicted molar refractivity (Wildman–Crippen MR) is 68.2 cm³/mol. The van der Waals surface area contributed by atoms with E-state index in [9.17, 15) is 9.59 Å². The van der Waals surface area contributed by atoms with Crippen LogP contribution in [-0.2, 0) is 9.59 Å². The molecule has 0 saturated carbocycles. The maximum atomic E-state index is 11.7. The number of hydrogen-bond donors (Lipinski definition) is 3. The molecule has 6 nitrogen and oxygen atoms in total. The minimum absolute atomic E-state index is 0.0190. The number of carbonyl (C=O) groups is 2. The van der Waals surface area contributed by atoms with Crippen molar-refractivity contribution >= 4 is 11.9 Å². The Morgan fingerprint density at radius 3 is 2.33 bits per heavy atom. The Morgan fingerprint density at radius 1 is 1.33 bits per heavy atom. The van der Waals surface area contributed by atoms with E-state index in [1.165, 1.54) is 0 Å². The lowest BCUT2D eigenvalue weighted by atomic mass is 9.99. The average molecular weight is 260 g/mol. The second-order valence-electron chi connectivity index (χ2n) is 4.36. The number of aliphatic carboxylic acids is 1. The van der Waals surface area contributed by atoms with Crippen LogP contribution in [0.4, 0.5) is 0 Å². The number of nitrogens with zero attached hydrogens (tertiary/aromatic N) is 1. The molecule has 0 spiro atoms. The van der Waals surface area contributed by atoms with E-state index >= 15 is 0 Å². The van der Waals surface area contributed by atoms with Gasteiger partial charge in [0.25, 0.3) is 0 Å². The normalized spacial score (nSPS) is 14.3. The van der Waals surface area contributed by atoms with Crippen molar-refractivity contribution in [3.8, 4) is 0 Å². The Labute approximate surface area is 108 Å². The maximum absolute atomic E-state index is 11.7. The SMILES string of the molecule is CCC(C)C(NC(=O)CN(CC)CCO)C(=O)O. The molecule has 0 aliphatic heterocycles. The average Bonchev–Trinajstić information content (AvgIpc) is 2.34. The summed E-state index contributed by atoms with van der Waals surface area (Å²) in [6.45, 7) is 6.69. The van der Waals surface area contributed by atoms with Gasteiger partial charge in [0.1, 0.15) is 6.04 Å². The van der Waals surface area contributed by atoms with Crippen LogP contribution in [0.25, 0.3) is 0 Å². The standard InChI is InChI=1S/C12H24N2O4/c1-4-9(3)11(12(17)18)13-10(16)8-14(5-2)6-7-15/h9,11,15H,4-8H2,1-3H3,(H,13,16)(H,17,18). The summed E-state index contributed by atoms with van der Waals surface area (Å²) >= 11 is 0. The smallest absolute Gasteiger partial charge is 0.326 e. The molecule has 2 unspecified atom stereocenters. The third kappa shape index (κ3) is 5.97. The van der Waals surface area contributed by atoms with Gasteiger partial charge in [-0.3, -0.25) is 9.69 Å². The monoisotopic (exact) mass is 260 g/mol. The van der Waals surface area contributed by atoms with E-state index < -0.39 is 12.0 Å². The number of aliphatic hydroxyl groups excluding tert-OH is 1. The third-order valence-corrected chi connectivity index (χ3v) is 3.03. The van der Waals surface area contributed by atoms with Gasteiger partial charge in [-0.1, -0.05) is 27.2 Å². The minimum Gasteiger partial charge on any atom is -0.480 e. The van der Waals surface area contributed by atoms with Gasteiger partial charge in [-0.15, -0.1) is 0 Å². The van der Waals surface area contributed by atoms with Gasteiger partial charge < -0.3 is 15.5 Å². The van der Waals surface area contributed by atoms with Crippen LogP contribution < -0.4 is 5.32 Å². The number of carboxylic acids is 1. The molecule has 0 heterocycles. The first kappa shape index (κ1) is 16.9. The highest BCUT2D eigenvalue weighted by Gasteiger charge is 2.25. The molecule has 0 fully saturated rings. The lowest BCUT2D eigenvalue weighted by Gasteiger charge is -2.23. The molecule has 0 aromatic carbocycles. The molecule has 6 heteroatoms. The van der Waals surface area contributed by atoms with Gasteiger partial charge in [0.15, 0.2) is 0 Å². The Morgan fingerprint density at radius 2 is 1.94 bits per heavy atom. The van der Waals surface area contributed by atoms with Gasteiger partial charge in [0.05, 0.1) is 13.2 Å². The Kier molecular flexibility index (Phi) is 8.32. The lowest BCUT2D eigenvalue weighted by molar-refractivity contribution is -0.143. The highest BCUT2D eigenvalue weighted by atomic mass is 16.4. The maximum Gasteiger partial charge on any atom is 0.326 e. The van der Waals surface area contributed by atoms with E-state index in [0.29, 0.717) is 19.5 Å². The summed E-state index contributed by atoms with van der Waals surface area (Å²) in [6, 6.07) is -0.852. The zero-order valence-electron chi connectivity index (χ0n) is 11.3. The highest BCUT2D eigenvalue weighted by Crippen LogP contribution is 2.07. The molecule has 0 aliphatic rings. The molecule has 0 rings (SSSR count). The second-order valence-corrected chi connectivity index (χ2v) is 4.36. The Hall–Kier alpha value is -1.14. The molecule has 0 saturated heterocycles. The fourth-order valence-electron chi connectivity index (χ4n) is 1.60. The number of likely N-dealkylation sites (N-methyl/N-ethyl adjacent to an activating group) is 1. The van der Waals surface area contributed by atoms with Gasteiger partial charge in [-0.2, -0.15) is 0 Å². The van der Waals surface area contributed by atoms with Crippen molar-refractivity contribution in [3.63, 3.8) is 0 Å². The fraction of sp³-hybridized carbons (Fsp3) is 0.833. The van der Waals surface area contributed by atoms with Crippen molar-refractivity contribution < 1.29 is 19.8 Å². The number of rotatable bonds is 9. The van der Waals surface area contributed by atoms with E-state index in [1.54, 1.807) is 11.8 Å². The van der Waals surface area contributed by atoms with Crippen molar-refractivity contribution in [2.75, 3.05) is 26.2 Å². The number of amides is 1. The summed E-state index contributed by atoms with van der Waals surface area (Å²) in [5.74, 6) is -1.44. The van der Waals surface area contributed by atoms with Crippen molar-refractivity contribution in [2.24, 2.45) is 5.92 Å². The molecule has 18 heavy (non-hydrogen) atoms. The van der Waals surface area contributed by atoms with Crippen LogP contribution in [0.2, 0.25) is 0 Å². The fourth-order valence-corrected chi connectivity index (χ4v) is 1.60. The van der Waals surface area contributed by atoms with Gasteiger partial charge in [0.2, 0.25) is 5.91 Å². The predicted octanol–water partition coefficient (Wildman–Crippen LogP) is -0.0839. The largest absolute Gasteiger partial charge is 0.480 e. The van der Waals surface area contributed by atoms with Crippen molar-refractivity contribution in [1.82, 2.24) is 10.2 Å². The van der Waals surface area contributed by atoms with Gasteiger partial charge in [-0.25, -0.2) is 4.79 Å². The first-order chi connectivity index (χ1) is 8.46. The molecule has 0 bridgehead atoms. The van der Waals surface area contributed by atoms with Crippen LogP contribution in [0, 0.1) is 5.92 Å². The quantitative estimate of drug-likeness (QED) is 0.539. The van der Waals surface area contributed by atoms with Gasteiger partial charge >= 0.3 is 5.97 Å². The number of carbonyl (C=O) groups excluding carboxylic acids is 1. The summed E-state index contributed by atoms with van der Waals surface area (Å²) in [5, 5.41) is 20.4. The Bertz CT molecular complexity index is 271. The zero-order valence-corrected chi connectivity index (χ0v) is 11.3. The lowest BCUT2D eigenvalue weighted by Crippen LogP contribution is -2.48. The molecular formula is C12H24N2O4. The minimum atomic E-state index is -1.01. The topological polar surface area (TPSA) is 89.9 Å². The molecule has 2 atom stereocenters. The van der Waals surface area contributed by atoms with Crippen molar-refractivity contribution in [1.29, 1.82) is 0 Å². The molecule has 106 valence electrons. The molecule has 0 radical (unpaired) electrons. The summed E-state index contributed by atoms with van der Waals surface area (Å²) in [4.78, 5) is 24.5. The summed E-state index contributed by atoms with van der Waals surface area (Å²) in [7, 11) is 0. The highest BCUT2D eigenvalue weighted by molar-refractivity contribution is 5.84. The molecule has 0 aromatic heterocycles. The molecule has 0 aromatic rings. The van der Waals surface area contributed by atoms with E-state index in [4.69, 9.17) is 10.2 Å². The van der Waals surface area contributed by atoms with Gasteiger partial charge in [-0.05, 0) is 12.5 Å². The van der Waals surface area contributed by atoms with Crippen LogP contribution in [-0.4, -0.2) is 59.3 Å². The molecule has 1 amide bonds. The summed E-state index contributed by atoms with van der Waals surface area (Å²) in [6.07, 6.45) is 0.686. The van der Waals surface area contributed by atoms with Crippen molar-refractivity contribution in [3.05, 3.63) is 0 Å². The number of aliphatic hydroxyl groups is 1. The number of nitrogens with one attached hydrogen (secondary N) is 1. The molecular weight excluding hydrogens is 236 g/mol. The molecule has 0 aliphatic carbocycles. The van der Waals surface area contributed by atoms with Crippen LogP contribution in [0.5, 0.6) is 0 Å². The van der Waals surface area contributed by atoms with Crippen LogP contribution in [0.3, 0.4) is 0 Å². The van der Waals surface area contributed by atoms with Crippen LogP contribution >= 0.6 is 0 Å². The first-order valence-corrected chi connectivity index (χ1v) is 6.31. The Balaban J connectivity index is 4.37. The molecule has 3 N–H and O–H groups in total. The van der Waals surface area contributed by atoms with E-state index in [2.05, 4.69) is 5.32 Å². The van der Waals surface area contributed by atoms with E-state index in [-0.39, 0.29) is 25.0 Å². The number of hydrogen-bond acceptors (Lipinski definition) is 4. The second kappa shape index (κ2) is 8.88. The van der Waals surface area contributed by atoms with Crippen molar-refractivity contribution in [2.45, 2.75) is 33.2 Å². The van der Waals surface area contributed by atoms with Gasteiger partial charge in [0, 0.05) is 6.54 Å². The third-order valence-electron chi connectivity index (χ3n) is 3.03. The zero-order chi connectivity index (χ0) is 14.1. The van der Waals surface area contributed by atoms with Crippen LogP contribution in [0.15, 0.2) is 0 Å². The van der Waals surface area contributed by atoms with Crippen LogP contribution in [0.1, 0.15) is 27.2 Å².